The van der Waals surface area contributed by atoms with Gasteiger partial charge in [0.25, 0.3) is 0 Å². The fourth-order valence-corrected chi connectivity index (χ4v) is 5.36. The highest BCUT2D eigenvalue weighted by Crippen LogP contribution is 2.53. The standard InChI is InChI=1S/C17H21ClFN/c18-15-1-2-16(19)14(8-15)9-20-17-12-4-10-3-11(6-12)7-13(17)5-10/h1-2,8,10-13,17,20H,3-7,9H2. The summed E-state index contributed by atoms with van der Waals surface area (Å²) in [5.74, 6) is 3.48. The van der Waals surface area contributed by atoms with Gasteiger partial charge in [-0.15, -0.1) is 0 Å². The second-order valence-corrected chi connectivity index (χ2v) is 7.51. The highest BCUT2D eigenvalue weighted by molar-refractivity contribution is 6.30. The average Bonchev–Trinajstić information content (AvgIpc) is 2.41. The zero-order valence-corrected chi connectivity index (χ0v) is 12.4. The van der Waals surface area contributed by atoms with Crippen LogP contribution in [0.25, 0.3) is 0 Å². The van der Waals surface area contributed by atoms with E-state index in [9.17, 15) is 4.39 Å². The molecule has 0 unspecified atom stereocenters. The van der Waals surface area contributed by atoms with Gasteiger partial charge < -0.3 is 5.32 Å². The van der Waals surface area contributed by atoms with Gasteiger partial charge in [0, 0.05) is 23.2 Å². The van der Waals surface area contributed by atoms with Crippen LogP contribution in [-0.4, -0.2) is 6.04 Å². The van der Waals surface area contributed by atoms with Crippen LogP contribution in [0.1, 0.15) is 37.7 Å². The van der Waals surface area contributed by atoms with Crippen LogP contribution in [0.2, 0.25) is 5.02 Å². The predicted molar refractivity (Wildman–Crippen MR) is 79.1 cm³/mol. The van der Waals surface area contributed by atoms with E-state index in [0.717, 1.165) is 23.7 Å². The third kappa shape index (κ3) is 2.27. The lowest BCUT2D eigenvalue weighted by atomic mass is 9.54. The van der Waals surface area contributed by atoms with Crippen molar-refractivity contribution in [2.45, 2.75) is 44.7 Å². The van der Waals surface area contributed by atoms with E-state index in [1.807, 2.05) is 0 Å². The van der Waals surface area contributed by atoms with Gasteiger partial charge in [0.05, 0.1) is 0 Å². The Morgan fingerprint density at radius 3 is 2.35 bits per heavy atom. The van der Waals surface area contributed by atoms with E-state index in [2.05, 4.69) is 5.32 Å². The van der Waals surface area contributed by atoms with Gasteiger partial charge >= 0.3 is 0 Å². The van der Waals surface area contributed by atoms with Gasteiger partial charge in [-0.1, -0.05) is 11.6 Å². The van der Waals surface area contributed by atoms with Crippen LogP contribution in [0.15, 0.2) is 18.2 Å². The molecule has 4 saturated carbocycles. The van der Waals surface area contributed by atoms with E-state index < -0.39 is 0 Å². The Morgan fingerprint density at radius 1 is 1.05 bits per heavy atom. The number of rotatable bonds is 3. The molecule has 1 nitrogen and oxygen atoms in total. The molecule has 4 bridgehead atoms. The quantitative estimate of drug-likeness (QED) is 0.871. The maximum Gasteiger partial charge on any atom is 0.127 e. The van der Waals surface area contributed by atoms with E-state index in [4.69, 9.17) is 11.6 Å². The van der Waals surface area contributed by atoms with Crippen molar-refractivity contribution in [3.63, 3.8) is 0 Å². The third-order valence-corrected chi connectivity index (χ3v) is 6.00. The molecule has 1 N–H and O–H groups in total. The maximum atomic E-state index is 13.8. The molecule has 4 aliphatic carbocycles. The zero-order valence-electron chi connectivity index (χ0n) is 11.6. The first-order chi connectivity index (χ1) is 9.69. The van der Waals surface area contributed by atoms with E-state index in [1.54, 1.807) is 12.1 Å². The predicted octanol–water partition coefficient (Wildman–Crippen LogP) is 4.39. The fourth-order valence-electron chi connectivity index (χ4n) is 5.17. The molecule has 0 amide bonds. The monoisotopic (exact) mass is 293 g/mol. The summed E-state index contributed by atoms with van der Waals surface area (Å²) in [6, 6.07) is 5.43. The Morgan fingerprint density at radius 2 is 1.70 bits per heavy atom. The van der Waals surface area contributed by atoms with Crippen molar-refractivity contribution < 1.29 is 4.39 Å². The number of benzene rings is 1. The molecule has 20 heavy (non-hydrogen) atoms. The Hall–Kier alpha value is -0.600. The second kappa shape index (κ2) is 4.99. The molecule has 0 aromatic heterocycles. The van der Waals surface area contributed by atoms with Crippen LogP contribution in [0.5, 0.6) is 0 Å². The molecule has 0 spiro atoms. The van der Waals surface area contributed by atoms with Crippen LogP contribution in [0.4, 0.5) is 4.39 Å². The molecular formula is C17H21ClFN. The van der Waals surface area contributed by atoms with Crippen LogP contribution < -0.4 is 5.32 Å². The third-order valence-electron chi connectivity index (χ3n) is 5.76. The topological polar surface area (TPSA) is 12.0 Å². The molecule has 0 radical (unpaired) electrons. The number of hydrogen-bond donors (Lipinski definition) is 1. The second-order valence-electron chi connectivity index (χ2n) is 7.07. The molecular weight excluding hydrogens is 273 g/mol. The Kier molecular flexibility index (Phi) is 3.27. The molecule has 4 aliphatic rings. The molecule has 0 atom stereocenters. The van der Waals surface area contributed by atoms with Crippen molar-refractivity contribution in [2.24, 2.45) is 23.7 Å². The molecule has 108 valence electrons. The smallest absolute Gasteiger partial charge is 0.127 e. The van der Waals surface area contributed by atoms with E-state index >= 15 is 0 Å². The molecule has 1 aromatic carbocycles. The van der Waals surface area contributed by atoms with Crippen LogP contribution in [0.3, 0.4) is 0 Å². The van der Waals surface area contributed by atoms with Gasteiger partial charge in [-0.25, -0.2) is 4.39 Å². The van der Waals surface area contributed by atoms with Crippen LogP contribution in [0, 0.1) is 29.5 Å². The maximum absolute atomic E-state index is 13.8. The van der Waals surface area contributed by atoms with Crippen molar-refractivity contribution in [1.29, 1.82) is 0 Å². The van der Waals surface area contributed by atoms with Gasteiger partial charge in [-0.3, -0.25) is 0 Å². The SMILES string of the molecule is Fc1ccc(Cl)cc1CNC1C2CC3CC(C2)CC1C3. The van der Waals surface area contributed by atoms with Gasteiger partial charge in [-0.2, -0.15) is 0 Å². The van der Waals surface area contributed by atoms with Gasteiger partial charge in [0.2, 0.25) is 0 Å². The Labute approximate surface area is 124 Å². The number of nitrogens with one attached hydrogen (secondary N) is 1. The van der Waals surface area contributed by atoms with Gasteiger partial charge in [-0.05, 0) is 74.0 Å². The van der Waals surface area contributed by atoms with Crippen molar-refractivity contribution in [3.8, 4) is 0 Å². The molecule has 5 rings (SSSR count). The molecule has 3 heteroatoms. The number of hydrogen-bond acceptors (Lipinski definition) is 1. The minimum atomic E-state index is -0.147. The lowest BCUT2D eigenvalue weighted by Crippen LogP contribution is -2.54. The first kappa shape index (κ1) is 13.1. The minimum Gasteiger partial charge on any atom is -0.309 e. The number of halogens is 2. The summed E-state index contributed by atoms with van der Waals surface area (Å²) in [5, 5.41) is 4.27. The summed E-state index contributed by atoms with van der Waals surface area (Å²) in [4.78, 5) is 0. The van der Waals surface area contributed by atoms with Crippen LogP contribution in [-0.2, 0) is 6.54 Å². The lowest BCUT2D eigenvalue weighted by Gasteiger charge is -2.54. The summed E-state index contributed by atoms with van der Waals surface area (Å²) < 4.78 is 13.8. The molecule has 0 saturated heterocycles. The normalized spacial score (nSPS) is 38.4. The Bertz CT molecular complexity index is 488. The van der Waals surface area contributed by atoms with Crippen molar-refractivity contribution in [3.05, 3.63) is 34.6 Å². The van der Waals surface area contributed by atoms with E-state index in [-0.39, 0.29) is 5.82 Å². The fraction of sp³-hybridized carbons (Fsp3) is 0.647. The zero-order chi connectivity index (χ0) is 13.7. The van der Waals surface area contributed by atoms with Crippen molar-refractivity contribution in [2.75, 3.05) is 0 Å². The summed E-state index contributed by atoms with van der Waals surface area (Å²) in [6.07, 6.45) is 7.04. The summed E-state index contributed by atoms with van der Waals surface area (Å²) in [5.41, 5.74) is 0.700. The molecule has 4 fully saturated rings. The molecule has 0 heterocycles. The molecule has 1 aromatic rings. The first-order valence-electron chi connectivity index (χ1n) is 7.86. The van der Waals surface area contributed by atoms with E-state index in [1.165, 1.54) is 38.2 Å². The summed E-state index contributed by atoms with van der Waals surface area (Å²) in [7, 11) is 0. The van der Waals surface area contributed by atoms with Crippen molar-refractivity contribution in [1.82, 2.24) is 5.32 Å². The van der Waals surface area contributed by atoms with Crippen LogP contribution >= 0.6 is 11.6 Å². The van der Waals surface area contributed by atoms with Gasteiger partial charge in [0.15, 0.2) is 0 Å². The van der Waals surface area contributed by atoms with Gasteiger partial charge in [0.1, 0.15) is 5.82 Å². The Balaban J connectivity index is 1.46. The highest BCUT2D eigenvalue weighted by Gasteiger charge is 2.47. The first-order valence-corrected chi connectivity index (χ1v) is 8.24. The van der Waals surface area contributed by atoms with Crippen molar-refractivity contribution >= 4 is 11.6 Å². The summed E-state index contributed by atoms with van der Waals surface area (Å²) in [6.45, 7) is 0.611. The highest BCUT2D eigenvalue weighted by atomic mass is 35.5. The molecule has 0 aliphatic heterocycles. The average molecular weight is 294 g/mol. The lowest BCUT2D eigenvalue weighted by molar-refractivity contribution is -0.0143. The largest absolute Gasteiger partial charge is 0.309 e. The van der Waals surface area contributed by atoms with E-state index in [0.29, 0.717) is 23.2 Å². The summed E-state index contributed by atoms with van der Waals surface area (Å²) >= 11 is 5.96. The minimum absolute atomic E-state index is 0.147.